The fraction of sp³-hybridized carbons (Fsp3) is 0.333. The molecule has 1 aliphatic rings. The first-order valence-electron chi connectivity index (χ1n) is 7.56. The molecule has 4 nitrogen and oxygen atoms in total. The Hall–Kier alpha value is -2.36. The highest BCUT2D eigenvalue weighted by molar-refractivity contribution is 5.86. The normalized spacial score (nSPS) is 17.6. The van der Waals surface area contributed by atoms with Gasteiger partial charge >= 0.3 is 5.97 Å². The molecule has 22 heavy (non-hydrogen) atoms. The summed E-state index contributed by atoms with van der Waals surface area (Å²) in [5, 5.41) is 0.970. The molecule has 3 rings (SSSR count). The van der Waals surface area contributed by atoms with Gasteiger partial charge in [0, 0.05) is 30.8 Å². The molecule has 0 bridgehead atoms. The Morgan fingerprint density at radius 1 is 1.32 bits per heavy atom. The number of pyridine rings is 1. The lowest BCUT2D eigenvalue weighted by Gasteiger charge is -2.22. The van der Waals surface area contributed by atoms with Crippen LogP contribution in [-0.2, 0) is 11.8 Å². The predicted molar refractivity (Wildman–Crippen MR) is 86.2 cm³/mol. The molecule has 0 aliphatic heterocycles. The summed E-state index contributed by atoms with van der Waals surface area (Å²) in [6.45, 7) is 1.33. The van der Waals surface area contributed by atoms with E-state index in [9.17, 15) is 9.59 Å². The largest absolute Gasteiger partial charge is 0.420 e. The summed E-state index contributed by atoms with van der Waals surface area (Å²) in [5.41, 5.74) is 1.44. The van der Waals surface area contributed by atoms with Crippen molar-refractivity contribution in [2.75, 3.05) is 0 Å². The molecule has 0 saturated carbocycles. The zero-order valence-electron chi connectivity index (χ0n) is 12.8. The van der Waals surface area contributed by atoms with Crippen LogP contribution in [0.5, 0.6) is 5.75 Å². The maximum atomic E-state index is 12.6. The van der Waals surface area contributed by atoms with Crippen LogP contribution in [-0.4, -0.2) is 10.5 Å². The van der Waals surface area contributed by atoms with Crippen LogP contribution in [0.2, 0.25) is 0 Å². The number of aryl methyl sites for hydroxylation is 1. The van der Waals surface area contributed by atoms with Crippen molar-refractivity contribution in [2.45, 2.75) is 32.1 Å². The number of allylic oxidation sites excluding steroid dienone is 2. The molecule has 1 heterocycles. The monoisotopic (exact) mass is 297 g/mol. The van der Waals surface area contributed by atoms with Gasteiger partial charge in [0.2, 0.25) is 0 Å². The molecule has 0 saturated heterocycles. The highest BCUT2D eigenvalue weighted by Crippen LogP contribution is 2.37. The van der Waals surface area contributed by atoms with Gasteiger partial charge in [-0.2, -0.15) is 0 Å². The van der Waals surface area contributed by atoms with E-state index in [-0.39, 0.29) is 17.2 Å². The molecule has 1 aromatic carbocycles. The third kappa shape index (κ3) is 2.45. The van der Waals surface area contributed by atoms with Crippen LogP contribution in [0.25, 0.3) is 10.9 Å². The van der Waals surface area contributed by atoms with E-state index in [0.29, 0.717) is 0 Å². The van der Waals surface area contributed by atoms with Crippen molar-refractivity contribution in [3.63, 3.8) is 0 Å². The van der Waals surface area contributed by atoms with Crippen LogP contribution < -0.4 is 10.3 Å². The smallest absolute Gasteiger partial charge is 0.308 e. The zero-order valence-corrected chi connectivity index (χ0v) is 12.8. The molecule has 0 radical (unpaired) electrons. The lowest BCUT2D eigenvalue weighted by molar-refractivity contribution is -0.132. The van der Waals surface area contributed by atoms with Gasteiger partial charge in [-0.05, 0) is 25.3 Å². The molecular formula is C18H19NO3. The number of benzene rings is 1. The average Bonchev–Trinajstić information content (AvgIpc) is 2.53. The molecule has 0 spiro atoms. The Morgan fingerprint density at radius 2 is 2.09 bits per heavy atom. The van der Waals surface area contributed by atoms with Crippen molar-refractivity contribution in [1.82, 2.24) is 4.57 Å². The Bertz CT molecular complexity index is 817. The third-order valence-corrected chi connectivity index (χ3v) is 4.17. The third-order valence-electron chi connectivity index (χ3n) is 4.17. The number of ether oxygens (including phenoxy) is 1. The van der Waals surface area contributed by atoms with Gasteiger partial charge in [0.1, 0.15) is 0 Å². The summed E-state index contributed by atoms with van der Waals surface area (Å²) in [5.74, 6) is -0.180. The van der Waals surface area contributed by atoms with Crippen molar-refractivity contribution in [1.29, 1.82) is 0 Å². The molecule has 2 aromatic rings. The summed E-state index contributed by atoms with van der Waals surface area (Å²) in [4.78, 5) is 24.1. The summed E-state index contributed by atoms with van der Waals surface area (Å²) >= 11 is 0. The minimum atomic E-state index is -0.464. The number of hydrogen-bond acceptors (Lipinski definition) is 3. The Balaban J connectivity index is 2.36. The van der Waals surface area contributed by atoms with Gasteiger partial charge in [-0.1, -0.05) is 30.4 Å². The SMILES string of the molecule is CC(=O)Oc1c(C2C=CCCC2)c2ccccc2n(C)c1=O. The molecule has 1 atom stereocenters. The van der Waals surface area contributed by atoms with E-state index in [2.05, 4.69) is 12.2 Å². The minimum Gasteiger partial charge on any atom is -0.420 e. The predicted octanol–water partition coefficient (Wildman–Crippen LogP) is 3.29. The van der Waals surface area contributed by atoms with E-state index in [0.717, 1.165) is 35.7 Å². The average molecular weight is 297 g/mol. The van der Waals surface area contributed by atoms with Gasteiger partial charge < -0.3 is 9.30 Å². The fourth-order valence-electron chi connectivity index (χ4n) is 3.16. The summed E-state index contributed by atoms with van der Waals surface area (Å²) in [6, 6.07) is 7.76. The molecule has 1 unspecified atom stereocenters. The summed E-state index contributed by atoms with van der Waals surface area (Å²) in [6.07, 6.45) is 7.35. The van der Waals surface area contributed by atoms with Crippen LogP contribution in [0.3, 0.4) is 0 Å². The van der Waals surface area contributed by atoms with E-state index < -0.39 is 5.97 Å². The molecule has 4 heteroatoms. The van der Waals surface area contributed by atoms with Crippen molar-refractivity contribution in [3.05, 3.63) is 52.3 Å². The van der Waals surface area contributed by atoms with Crippen molar-refractivity contribution < 1.29 is 9.53 Å². The van der Waals surface area contributed by atoms with Crippen LogP contribution in [0, 0.1) is 0 Å². The number of fused-ring (bicyclic) bond motifs is 1. The van der Waals surface area contributed by atoms with Crippen LogP contribution in [0.15, 0.2) is 41.2 Å². The number of carbonyl (C=O) groups excluding carboxylic acids is 1. The number of esters is 1. The first-order chi connectivity index (χ1) is 10.6. The van der Waals surface area contributed by atoms with E-state index in [1.54, 1.807) is 11.6 Å². The number of hydrogen-bond donors (Lipinski definition) is 0. The molecule has 1 aromatic heterocycles. The first-order valence-corrected chi connectivity index (χ1v) is 7.56. The van der Waals surface area contributed by atoms with Gasteiger partial charge in [0.05, 0.1) is 5.52 Å². The number of carbonyl (C=O) groups is 1. The molecule has 0 amide bonds. The lowest BCUT2D eigenvalue weighted by Crippen LogP contribution is -2.24. The fourth-order valence-corrected chi connectivity index (χ4v) is 3.16. The second-order valence-electron chi connectivity index (χ2n) is 5.68. The lowest BCUT2D eigenvalue weighted by atomic mass is 9.87. The second kappa shape index (κ2) is 5.79. The quantitative estimate of drug-likeness (QED) is 0.631. The van der Waals surface area contributed by atoms with E-state index in [1.165, 1.54) is 6.92 Å². The maximum absolute atomic E-state index is 12.6. The van der Waals surface area contributed by atoms with Gasteiger partial charge in [0.25, 0.3) is 5.56 Å². The second-order valence-corrected chi connectivity index (χ2v) is 5.68. The van der Waals surface area contributed by atoms with Crippen LogP contribution >= 0.6 is 0 Å². The van der Waals surface area contributed by atoms with E-state index >= 15 is 0 Å². The number of aromatic nitrogens is 1. The number of rotatable bonds is 2. The van der Waals surface area contributed by atoms with Crippen LogP contribution in [0.1, 0.15) is 37.7 Å². The topological polar surface area (TPSA) is 48.3 Å². The summed E-state index contributed by atoms with van der Waals surface area (Å²) < 4.78 is 6.86. The summed E-state index contributed by atoms with van der Waals surface area (Å²) in [7, 11) is 1.71. The van der Waals surface area contributed by atoms with Crippen molar-refractivity contribution in [3.8, 4) is 5.75 Å². The molecular weight excluding hydrogens is 278 g/mol. The van der Waals surface area contributed by atoms with E-state index in [1.807, 2.05) is 24.3 Å². The number of nitrogens with zero attached hydrogens (tertiary/aromatic N) is 1. The molecule has 0 N–H and O–H groups in total. The number of para-hydroxylation sites is 1. The van der Waals surface area contributed by atoms with E-state index in [4.69, 9.17) is 4.74 Å². The zero-order chi connectivity index (χ0) is 15.7. The van der Waals surface area contributed by atoms with Crippen LogP contribution in [0.4, 0.5) is 0 Å². The van der Waals surface area contributed by atoms with Gasteiger partial charge in [0.15, 0.2) is 5.75 Å². The standard InChI is InChI=1S/C18H19NO3/c1-12(20)22-17-16(13-8-4-3-5-9-13)14-10-6-7-11-15(14)19(2)18(17)21/h4,6-8,10-11,13H,3,5,9H2,1-2H3. The Kier molecular flexibility index (Phi) is 3.84. The van der Waals surface area contributed by atoms with Gasteiger partial charge in [-0.3, -0.25) is 9.59 Å². The highest BCUT2D eigenvalue weighted by Gasteiger charge is 2.24. The molecule has 0 fully saturated rings. The van der Waals surface area contributed by atoms with Gasteiger partial charge in [-0.15, -0.1) is 0 Å². The first kappa shape index (κ1) is 14.6. The Labute approximate surface area is 129 Å². The maximum Gasteiger partial charge on any atom is 0.308 e. The Morgan fingerprint density at radius 3 is 2.77 bits per heavy atom. The molecule has 114 valence electrons. The minimum absolute atomic E-state index is 0.113. The molecule has 1 aliphatic carbocycles. The van der Waals surface area contributed by atoms with Crippen molar-refractivity contribution in [2.24, 2.45) is 7.05 Å². The highest BCUT2D eigenvalue weighted by atomic mass is 16.5. The van der Waals surface area contributed by atoms with Gasteiger partial charge in [-0.25, -0.2) is 0 Å². The van der Waals surface area contributed by atoms with Crippen molar-refractivity contribution >= 4 is 16.9 Å².